The fourth-order valence-electron chi connectivity index (χ4n) is 1.53. The molecule has 0 aliphatic rings. The predicted molar refractivity (Wildman–Crippen MR) is 60.0 cm³/mol. The van der Waals surface area contributed by atoms with Crippen LogP contribution in [-0.2, 0) is 6.54 Å². The monoisotopic (exact) mass is 225 g/mol. The van der Waals surface area contributed by atoms with Crippen LogP contribution in [0, 0.1) is 0 Å². The summed E-state index contributed by atoms with van der Waals surface area (Å²) < 4.78 is 5.39. The van der Waals surface area contributed by atoms with Crippen molar-refractivity contribution in [2.24, 2.45) is 0 Å². The quantitative estimate of drug-likeness (QED) is 0.784. The molecule has 0 unspecified atom stereocenters. The van der Waals surface area contributed by atoms with Gasteiger partial charge in [0.05, 0.1) is 6.61 Å². The molecule has 4 heteroatoms. The normalized spacial score (nSPS) is 11.1. The first-order valence-electron chi connectivity index (χ1n) is 4.80. The second-order valence-corrected chi connectivity index (χ2v) is 3.59. The lowest BCUT2D eigenvalue weighted by atomic mass is 10.2. The van der Waals surface area contributed by atoms with Crippen LogP contribution in [0.4, 0.5) is 0 Å². The Morgan fingerprint density at radius 1 is 1.33 bits per heavy atom. The van der Waals surface area contributed by atoms with Gasteiger partial charge >= 0.3 is 0 Å². The molecular formula is C11H12ClNO2. The standard InChI is InChI=1S/C11H12ClNO2/c12-11-9(7-13-5-6-14)8-3-1-2-4-10(8)15-11/h1-4,13-14H,5-7H2. The fraction of sp³-hybridized carbons (Fsp3) is 0.273. The topological polar surface area (TPSA) is 45.4 Å². The number of nitrogens with one attached hydrogen (secondary N) is 1. The number of hydrogen-bond acceptors (Lipinski definition) is 3. The first-order valence-corrected chi connectivity index (χ1v) is 5.18. The molecule has 1 aromatic carbocycles. The molecule has 15 heavy (non-hydrogen) atoms. The number of rotatable bonds is 4. The molecule has 2 aromatic rings. The molecular weight excluding hydrogens is 214 g/mol. The Labute approximate surface area is 92.6 Å². The summed E-state index contributed by atoms with van der Waals surface area (Å²) in [5, 5.41) is 13.2. The van der Waals surface area contributed by atoms with Crippen LogP contribution in [0.25, 0.3) is 11.0 Å². The number of halogens is 1. The van der Waals surface area contributed by atoms with Crippen molar-refractivity contribution >= 4 is 22.6 Å². The second-order valence-electron chi connectivity index (χ2n) is 3.25. The highest BCUT2D eigenvalue weighted by Gasteiger charge is 2.10. The van der Waals surface area contributed by atoms with E-state index in [1.807, 2.05) is 24.3 Å². The van der Waals surface area contributed by atoms with Crippen molar-refractivity contribution in [3.05, 3.63) is 35.0 Å². The van der Waals surface area contributed by atoms with Crippen molar-refractivity contribution in [3.63, 3.8) is 0 Å². The molecule has 2 rings (SSSR count). The molecule has 0 aliphatic heterocycles. The summed E-state index contributed by atoms with van der Waals surface area (Å²) in [6, 6.07) is 7.72. The summed E-state index contributed by atoms with van der Waals surface area (Å²) in [5.74, 6) is 0. The van der Waals surface area contributed by atoms with E-state index in [1.54, 1.807) is 0 Å². The number of furan rings is 1. The SMILES string of the molecule is OCCNCc1c(Cl)oc2ccccc12. The number of fused-ring (bicyclic) bond motifs is 1. The van der Waals surface area contributed by atoms with E-state index in [9.17, 15) is 0 Å². The van der Waals surface area contributed by atoms with Crippen LogP contribution in [0.1, 0.15) is 5.56 Å². The highest BCUT2D eigenvalue weighted by atomic mass is 35.5. The van der Waals surface area contributed by atoms with Crippen molar-refractivity contribution in [1.82, 2.24) is 5.32 Å². The summed E-state index contributed by atoms with van der Waals surface area (Å²) in [7, 11) is 0. The van der Waals surface area contributed by atoms with Crippen molar-refractivity contribution in [2.75, 3.05) is 13.2 Å². The van der Waals surface area contributed by atoms with Gasteiger partial charge < -0.3 is 14.8 Å². The Morgan fingerprint density at radius 2 is 2.13 bits per heavy atom. The molecule has 0 bridgehead atoms. The maximum absolute atomic E-state index is 8.66. The van der Waals surface area contributed by atoms with E-state index >= 15 is 0 Å². The van der Waals surface area contributed by atoms with Gasteiger partial charge in [0.2, 0.25) is 0 Å². The molecule has 0 saturated carbocycles. The van der Waals surface area contributed by atoms with E-state index in [4.69, 9.17) is 21.1 Å². The van der Waals surface area contributed by atoms with Crippen LogP contribution in [0.5, 0.6) is 0 Å². The van der Waals surface area contributed by atoms with Crippen molar-refractivity contribution in [1.29, 1.82) is 0 Å². The summed E-state index contributed by atoms with van der Waals surface area (Å²) in [5.41, 5.74) is 1.74. The minimum Gasteiger partial charge on any atom is -0.444 e. The maximum atomic E-state index is 8.66. The lowest BCUT2D eigenvalue weighted by molar-refractivity contribution is 0.292. The highest BCUT2D eigenvalue weighted by Crippen LogP contribution is 2.29. The summed E-state index contributed by atoms with van der Waals surface area (Å²) in [6.45, 7) is 1.28. The molecule has 1 aromatic heterocycles. The first kappa shape index (κ1) is 10.5. The Hall–Kier alpha value is -1.03. The van der Waals surface area contributed by atoms with Crippen molar-refractivity contribution in [2.45, 2.75) is 6.54 Å². The van der Waals surface area contributed by atoms with Crippen LogP contribution in [-0.4, -0.2) is 18.3 Å². The van der Waals surface area contributed by atoms with Crippen LogP contribution < -0.4 is 5.32 Å². The molecule has 3 nitrogen and oxygen atoms in total. The minimum absolute atomic E-state index is 0.118. The minimum atomic E-state index is 0.118. The smallest absolute Gasteiger partial charge is 0.199 e. The van der Waals surface area contributed by atoms with Gasteiger partial charge in [0.25, 0.3) is 0 Å². The number of para-hydroxylation sites is 1. The third-order valence-corrected chi connectivity index (χ3v) is 2.54. The molecule has 0 amide bonds. The summed E-state index contributed by atoms with van der Waals surface area (Å²) in [6.07, 6.45) is 0. The second kappa shape index (κ2) is 4.66. The molecule has 80 valence electrons. The lowest BCUT2D eigenvalue weighted by Gasteiger charge is -2.00. The number of aliphatic hydroxyl groups excluding tert-OH is 1. The van der Waals surface area contributed by atoms with Gasteiger partial charge in [0.15, 0.2) is 5.22 Å². The van der Waals surface area contributed by atoms with E-state index in [2.05, 4.69) is 5.32 Å². The molecule has 0 spiro atoms. The zero-order valence-corrected chi connectivity index (χ0v) is 8.92. The molecule has 0 fully saturated rings. The summed E-state index contributed by atoms with van der Waals surface area (Å²) in [4.78, 5) is 0. The summed E-state index contributed by atoms with van der Waals surface area (Å²) >= 11 is 5.98. The van der Waals surface area contributed by atoms with Crippen LogP contribution >= 0.6 is 11.6 Å². The van der Waals surface area contributed by atoms with E-state index in [1.165, 1.54) is 0 Å². The number of benzene rings is 1. The van der Waals surface area contributed by atoms with E-state index in [0.29, 0.717) is 18.3 Å². The third kappa shape index (κ3) is 2.15. The first-order chi connectivity index (χ1) is 7.33. The van der Waals surface area contributed by atoms with Crippen molar-refractivity contribution in [3.8, 4) is 0 Å². The van der Waals surface area contributed by atoms with Gasteiger partial charge in [0, 0.05) is 24.0 Å². The molecule has 1 heterocycles. The number of aliphatic hydroxyl groups is 1. The molecule has 0 aliphatic carbocycles. The Bertz CT molecular complexity index is 453. The highest BCUT2D eigenvalue weighted by molar-refractivity contribution is 6.30. The van der Waals surface area contributed by atoms with Gasteiger partial charge in [-0.3, -0.25) is 0 Å². The average Bonchev–Trinajstić information content (AvgIpc) is 2.56. The van der Waals surface area contributed by atoms with Gasteiger partial charge in [-0.2, -0.15) is 0 Å². The lowest BCUT2D eigenvalue weighted by Crippen LogP contribution is -2.17. The Balaban J connectivity index is 2.28. The Kier molecular flexibility index (Phi) is 3.26. The van der Waals surface area contributed by atoms with Crippen molar-refractivity contribution < 1.29 is 9.52 Å². The third-order valence-electron chi connectivity index (χ3n) is 2.24. The predicted octanol–water partition coefficient (Wildman–Crippen LogP) is 2.17. The molecule has 0 saturated heterocycles. The largest absolute Gasteiger partial charge is 0.444 e. The fourth-order valence-corrected chi connectivity index (χ4v) is 1.78. The maximum Gasteiger partial charge on any atom is 0.199 e. The van der Waals surface area contributed by atoms with Gasteiger partial charge in [-0.1, -0.05) is 18.2 Å². The van der Waals surface area contributed by atoms with E-state index in [-0.39, 0.29) is 6.61 Å². The zero-order valence-electron chi connectivity index (χ0n) is 8.16. The Morgan fingerprint density at radius 3 is 2.93 bits per heavy atom. The van der Waals surface area contributed by atoms with Gasteiger partial charge in [-0.25, -0.2) is 0 Å². The van der Waals surface area contributed by atoms with Gasteiger partial charge in [0.1, 0.15) is 5.58 Å². The van der Waals surface area contributed by atoms with Crippen LogP contribution in [0.15, 0.2) is 28.7 Å². The van der Waals surface area contributed by atoms with Crippen LogP contribution in [0.3, 0.4) is 0 Å². The van der Waals surface area contributed by atoms with E-state index < -0.39 is 0 Å². The molecule has 2 N–H and O–H groups in total. The zero-order chi connectivity index (χ0) is 10.7. The number of hydrogen-bond donors (Lipinski definition) is 2. The van der Waals surface area contributed by atoms with Gasteiger partial charge in [-0.15, -0.1) is 0 Å². The van der Waals surface area contributed by atoms with E-state index in [0.717, 1.165) is 16.5 Å². The molecule has 0 atom stereocenters. The molecule has 0 radical (unpaired) electrons. The van der Waals surface area contributed by atoms with Crippen LogP contribution in [0.2, 0.25) is 5.22 Å². The van der Waals surface area contributed by atoms with Gasteiger partial charge in [-0.05, 0) is 17.7 Å². The average molecular weight is 226 g/mol.